The summed E-state index contributed by atoms with van der Waals surface area (Å²) in [6, 6.07) is 13.8. The Bertz CT molecular complexity index is 772. The third kappa shape index (κ3) is 2.79. The molecule has 0 saturated carbocycles. The summed E-state index contributed by atoms with van der Waals surface area (Å²) in [6.45, 7) is 8.32. The van der Waals surface area contributed by atoms with Crippen molar-refractivity contribution in [1.82, 2.24) is 15.0 Å². The third-order valence-electron chi connectivity index (χ3n) is 3.09. The summed E-state index contributed by atoms with van der Waals surface area (Å²) in [5, 5.41) is 9.03. The fourth-order valence-corrected chi connectivity index (χ4v) is 2.07. The molecule has 0 atom stereocenters. The van der Waals surface area contributed by atoms with E-state index >= 15 is 0 Å². The van der Waals surface area contributed by atoms with Gasteiger partial charge in [-0.3, -0.25) is 0 Å². The molecule has 4 nitrogen and oxygen atoms in total. The zero-order valence-corrected chi connectivity index (χ0v) is 12.2. The van der Waals surface area contributed by atoms with Crippen LogP contribution in [0.15, 0.2) is 54.6 Å². The van der Waals surface area contributed by atoms with Crippen LogP contribution in [0, 0.1) is 6.92 Å². The number of aryl methyl sites for hydroxylation is 1. The highest BCUT2D eigenvalue weighted by molar-refractivity contribution is 5.73. The summed E-state index contributed by atoms with van der Waals surface area (Å²) in [6.07, 6.45) is 0. The second-order valence-electron chi connectivity index (χ2n) is 5.20. The van der Waals surface area contributed by atoms with Crippen molar-refractivity contribution in [2.45, 2.75) is 13.8 Å². The number of nitrogens with zero attached hydrogens (tertiary/aromatic N) is 3. The molecule has 106 valence electrons. The van der Waals surface area contributed by atoms with Crippen LogP contribution in [0.4, 0.5) is 0 Å². The summed E-state index contributed by atoms with van der Waals surface area (Å²) in [5.41, 5.74) is 4.68. The van der Waals surface area contributed by atoms with Crippen molar-refractivity contribution in [1.29, 1.82) is 0 Å². The number of aromatic nitrogens is 3. The number of benzene rings is 2. The zero-order valence-electron chi connectivity index (χ0n) is 12.2. The van der Waals surface area contributed by atoms with Crippen LogP contribution in [0.3, 0.4) is 0 Å². The highest BCUT2D eigenvalue weighted by Crippen LogP contribution is 2.24. The van der Waals surface area contributed by atoms with E-state index in [0.29, 0.717) is 6.61 Å². The number of ether oxygens (including phenoxy) is 1. The fourth-order valence-electron chi connectivity index (χ4n) is 2.07. The lowest BCUT2D eigenvalue weighted by atomic mass is 10.2. The largest absolute Gasteiger partial charge is 0.487 e. The summed E-state index contributed by atoms with van der Waals surface area (Å²) < 4.78 is 5.80. The van der Waals surface area contributed by atoms with Crippen molar-refractivity contribution in [3.8, 4) is 11.4 Å². The van der Waals surface area contributed by atoms with Gasteiger partial charge in [-0.05, 0) is 49.2 Å². The van der Waals surface area contributed by atoms with Crippen molar-refractivity contribution in [3.05, 3.63) is 60.2 Å². The Morgan fingerprint density at radius 2 is 1.81 bits per heavy atom. The molecular weight excluding hydrogens is 262 g/mol. The fraction of sp³-hybridized carbons (Fsp3) is 0.176. The predicted octanol–water partition coefficient (Wildman–Crippen LogP) is 3.68. The van der Waals surface area contributed by atoms with Crippen LogP contribution < -0.4 is 4.74 Å². The van der Waals surface area contributed by atoms with Gasteiger partial charge in [0.05, 0.1) is 0 Å². The first-order valence-electron chi connectivity index (χ1n) is 6.84. The standard InChI is InChI=1S/C17H17N3O/c1-12(2)11-21-17-9-8-13(3)10-16(17)20-18-14-6-4-5-7-15(14)19-20/h4-10H,1,11H2,2-3H3. The summed E-state index contributed by atoms with van der Waals surface area (Å²) in [7, 11) is 0. The van der Waals surface area contributed by atoms with E-state index in [1.54, 1.807) is 4.80 Å². The minimum Gasteiger partial charge on any atom is -0.487 e. The molecule has 0 amide bonds. The van der Waals surface area contributed by atoms with Gasteiger partial charge in [0.25, 0.3) is 0 Å². The van der Waals surface area contributed by atoms with Gasteiger partial charge in [-0.15, -0.1) is 15.0 Å². The van der Waals surface area contributed by atoms with E-state index in [-0.39, 0.29) is 0 Å². The van der Waals surface area contributed by atoms with Crippen molar-refractivity contribution >= 4 is 11.0 Å². The molecule has 4 heteroatoms. The normalized spacial score (nSPS) is 10.8. The van der Waals surface area contributed by atoms with Gasteiger partial charge < -0.3 is 4.74 Å². The van der Waals surface area contributed by atoms with Crippen LogP contribution in [0.5, 0.6) is 5.75 Å². The molecule has 0 spiro atoms. The van der Waals surface area contributed by atoms with Gasteiger partial charge in [-0.1, -0.05) is 24.8 Å². The molecule has 0 saturated heterocycles. The highest BCUT2D eigenvalue weighted by Gasteiger charge is 2.10. The number of rotatable bonds is 4. The quantitative estimate of drug-likeness (QED) is 0.684. The zero-order chi connectivity index (χ0) is 14.8. The van der Waals surface area contributed by atoms with E-state index in [0.717, 1.165) is 33.6 Å². The Morgan fingerprint density at radius 3 is 2.43 bits per heavy atom. The van der Waals surface area contributed by atoms with Gasteiger partial charge in [0.2, 0.25) is 0 Å². The van der Waals surface area contributed by atoms with E-state index < -0.39 is 0 Å². The summed E-state index contributed by atoms with van der Waals surface area (Å²) in [5.74, 6) is 0.754. The Morgan fingerprint density at radius 1 is 1.14 bits per heavy atom. The van der Waals surface area contributed by atoms with E-state index in [1.807, 2.05) is 56.3 Å². The second kappa shape index (κ2) is 5.40. The maximum absolute atomic E-state index is 5.80. The predicted molar refractivity (Wildman–Crippen MR) is 83.9 cm³/mol. The van der Waals surface area contributed by atoms with Crippen LogP contribution in [0.2, 0.25) is 0 Å². The first-order valence-corrected chi connectivity index (χ1v) is 6.84. The van der Waals surface area contributed by atoms with E-state index in [4.69, 9.17) is 4.74 Å². The minimum atomic E-state index is 0.483. The Balaban J connectivity index is 2.06. The van der Waals surface area contributed by atoms with Crippen LogP contribution in [0.25, 0.3) is 16.7 Å². The molecule has 0 radical (unpaired) electrons. The molecule has 2 aromatic carbocycles. The first kappa shape index (κ1) is 13.4. The van der Waals surface area contributed by atoms with E-state index in [1.165, 1.54) is 0 Å². The van der Waals surface area contributed by atoms with Gasteiger partial charge in [-0.2, -0.15) is 0 Å². The minimum absolute atomic E-state index is 0.483. The molecular formula is C17H17N3O. The maximum Gasteiger partial charge on any atom is 0.147 e. The maximum atomic E-state index is 5.80. The second-order valence-corrected chi connectivity index (χ2v) is 5.20. The van der Waals surface area contributed by atoms with Gasteiger partial charge in [0.1, 0.15) is 29.1 Å². The first-order chi connectivity index (χ1) is 10.1. The Kier molecular flexibility index (Phi) is 3.44. The highest BCUT2D eigenvalue weighted by atomic mass is 16.5. The average molecular weight is 279 g/mol. The number of fused-ring (bicyclic) bond motifs is 1. The third-order valence-corrected chi connectivity index (χ3v) is 3.09. The van der Waals surface area contributed by atoms with E-state index in [2.05, 4.69) is 16.8 Å². The van der Waals surface area contributed by atoms with Crippen molar-refractivity contribution in [2.75, 3.05) is 6.61 Å². The topological polar surface area (TPSA) is 39.9 Å². The molecule has 0 aliphatic carbocycles. The van der Waals surface area contributed by atoms with Crippen molar-refractivity contribution < 1.29 is 4.74 Å². The molecule has 0 aliphatic heterocycles. The monoisotopic (exact) mass is 279 g/mol. The van der Waals surface area contributed by atoms with Gasteiger partial charge in [0, 0.05) is 0 Å². The molecule has 0 fully saturated rings. The van der Waals surface area contributed by atoms with Crippen molar-refractivity contribution in [2.24, 2.45) is 0 Å². The molecule has 3 rings (SSSR count). The van der Waals surface area contributed by atoms with Crippen molar-refractivity contribution in [3.63, 3.8) is 0 Å². The van der Waals surface area contributed by atoms with Gasteiger partial charge in [0.15, 0.2) is 0 Å². The van der Waals surface area contributed by atoms with Crippen LogP contribution in [-0.2, 0) is 0 Å². The molecule has 0 unspecified atom stereocenters. The lowest BCUT2D eigenvalue weighted by molar-refractivity contribution is 0.349. The molecule has 21 heavy (non-hydrogen) atoms. The molecule has 1 heterocycles. The summed E-state index contributed by atoms with van der Waals surface area (Å²) in [4.78, 5) is 1.63. The van der Waals surface area contributed by atoms with Gasteiger partial charge >= 0.3 is 0 Å². The van der Waals surface area contributed by atoms with Crippen LogP contribution >= 0.6 is 0 Å². The van der Waals surface area contributed by atoms with Gasteiger partial charge in [-0.25, -0.2) is 0 Å². The summed E-state index contributed by atoms with van der Waals surface area (Å²) >= 11 is 0. The molecule has 0 aliphatic rings. The number of hydrogen-bond donors (Lipinski definition) is 0. The van der Waals surface area contributed by atoms with Crippen LogP contribution in [0.1, 0.15) is 12.5 Å². The lowest BCUT2D eigenvalue weighted by Gasteiger charge is -2.11. The number of hydrogen-bond acceptors (Lipinski definition) is 3. The average Bonchev–Trinajstić information content (AvgIpc) is 2.89. The smallest absolute Gasteiger partial charge is 0.147 e. The Hall–Kier alpha value is -2.62. The molecule has 3 aromatic rings. The van der Waals surface area contributed by atoms with E-state index in [9.17, 15) is 0 Å². The molecule has 0 N–H and O–H groups in total. The van der Waals surface area contributed by atoms with Crippen LogP contribution in [-0.4, -0.2) is 21.6 Å². The lowest BCUT2D eigenvalue weighted by Crippen LogP contribution is -2.05. The molecule has 1 aromatic heterocycles. The Labute approximate surface area is 123 Å². The SMILES string of the molecule is C=C(C)COc1ccc(C)cc1-n1nc2ccccc2n1. The molecule has 0 bridgehead atoms.